The van der Waals surface area contributed by atoms with Crippen molar-refractivity contribution in [3.8, 4) is 22.3 Å². The predicted octanol–water partition coefficient (Wildman–Crippen LogP) is 6.00. The molecule has 0 spiro atoms. The molecule has 1 fully saturated rings. The van der Waals surface area contributed by atoms with E-state index in [0.717, 1.165) is 34.7 Å². The molecule has 1 amide bonds. The summed E-state index contributed by atoms with van der Waals surface area (Å²) in [4.78, 5) is 24.8. The van der Waals surface area contributed by atoms with Crippen LogP contribution in [0.25, 0.3) is 33.3 Å². The molecule has 2 aliphatic carbocycles. The SMILES string of the molecule is CN(C)C(=O)c1ccc(-c2c[nH]c3ncc(-c4cc5c6c(c4)CN(C4CC4)CC6CCC5)cc23)cc1. The molecular weight excluding hydrogens is 444 g/mol. The summed E-state index contributed by atoms with van der Waals surface area (Å²) in [5.74, 6) is 0.731. The molecule has 5 heteroatoms. The molecule has 5 nitrogen and oxygen atoms in total. The third-order valence-corrected chi connectivity index (χ3v) is 8.36. The largest absolute Gasteiger partial charge is 0.346 e. The van der Waals surface area contributed by atoms with Crippen LogP contribution in [0.1, 0.15) is 58.6 Å². The molecular formula is C31H32N4O. The molecule has 0 bridgehead atoms. The number of H-pyrrole nitrogens is 1. The number of aryl methyl sites for hydroxylation is 1. The van der Waals surface area contributed by atoms with Crippen LogP contribution in [0.3, 0.4) is 0 Å². The molecule has 1 aliphatic heterocycles. The molecule has 2 aromatic heterocycles. The molecule has 1 atom stereocenters. The van der Waals surface area contributed by atoms with Crippen LogP contribution in [-0.4, -0.2) is 52.4 Å². The van der Waals surface area contributed by atoms with Crippen molar-refractivity contribution >= 4 is 16.9 Å². The fourth-order valence-corrected chi connectivity index (χ4v) is 6.41. The molecule has 3 aliphatic rings. The summed E-state index contributed by atoms with van der Waals surface area (Å²) in [7, 11) is 3.56. The fourth-order valence-electron chi connectivity index (χ4n) is 6.41. The highest BCUT2D eigenvalue weighted by Crippen LogP contribution is 2.44. The molecule has 0 radical (unpaired) electrons. The van der Waals surface area contributed by atoms with Gasteiger partial charge in [-0.05, 0) is 90.1 Å². The van der Waals surface area contributed by atoms with Gasteiger partial charge >= 0.3 is 0 Å². The van der Waals surface area contributed by atoms with Crippen LogP contribution in [0.4, 0.5) is 0 Å². The minimum atomic E-state index is 0.0169. The number of pyridine rings is 1. The van der Waals surface area contributed by atoms with Gasteiger partial charge in [-0.1, -0.05) is 18.2 Å². The van der Waals surface area contributed by atoms with Crippen LogP contribution in [-0.2, 0) is 13.0 Å². The van der Waals surface area contributed by atoms with Crippen LogP contribution in [0, 0.1) is 0 Å². The number of nitrogens with one attached hydrogen (secondary N) is 1. The Kier molecular flexibility index (Phi) is 5.03. The van der Waals surface area contributed by atoms with Gasteiger partial charge in [-0.25, -0.2) is 4.98 Å². The second-order valence-corrected chi connectivity index (χ2v) is 11.1. The Morgan fingerprint density at radius 1 is 1.00 bits per heavy atom. The van der Waals surface area contributed by atoms with Crippen LogP contribution < -0.4 is 0 Å². The zero-order valence-corrected chi connectivity index (χ0v) is 21.1. The first-order chi connectivity index (χ1) is 17.5. The van der Waals surface area contributed by atoms with Gasteiger partial charge in [-0.15, -0.1) is 0 Å². The highest BCUT2D eigenvalue weighted by Gasteiger charge is 2.37. The highest BCUT2D eigenvalue weighted by atomic mass is 16.2. The maximum absolute atomic E-state index is 12.3. The number of fused-ring (bicyclic) bond motifs is 1. The minimum Gasteiger partial charge on any atom is -0.346 e. The molecule has 182 valence electrons. The van der Waals surface area contributed by atoms with Crippen LogP contribution in [0.2, 0.25) is 0 Å². The number of benzene rings is 2. The summed E-state index contributed by atoms with van der Waals surface area (Å²) in [5.41, 5.74) is 11.0. The van der Waals surface area contributed by atoms with Gasteiger partial charge in [-0.3, -0.25) is 9.69 Å². The van der Waals surface area contributed by atoms with E-state index in [1.807, 2.05) is 36.7 Å². The van der Waals surface area contributed by atoms with E-state index < -0.39 is 0 Å². The Bertz CT molecular complexity index is 1480. The monoisotopic (exact) mass is 476 g/mol. The summed E-state index contributed by atoms with van der Waals surface area (Å²) in [6.07, 6.45) is 10.6. The standard InChI is InChI=1S/C31H32N4O/c1-34(2)31(36)20-8-6-19(7-9-20)28-16-33-30-27(28)14-24(15-32-30)23-12-21-4-3-5-22-17-35(26-10-11-26)18-25(13-23)29(21)22/h6-9,12-16,22,26H,3-5,10-11,17-18H2,1-2H3,(H,32,33). The molecule has 4 aromatic rings. The Morgan fingerprint density at radius 3 is 2.58 bits per heavy atom. The van der Waals surface area contributed by atoms with Gasteiger partial charge in [0.05, 0.1) is 0 Å². The Morgan fingerprint density at radius 2 is 1.81 bits per heavy atom. The van der Waals surface area contributed by atoms with Crippen LogP contribution in [0.5, 0.6) is 0 Å². The van der Waals surface area contributed by atoms with E-state index in [0.29, 0.717) is 11.5 Å². The number of amides is 1. The predicted molar refractivity (Wildman–Crippen MR) is 144 cm³/mol. The maximum Gasteiger partial charge on any atom is 0.253 e. The number of aromatic amines is 1. The fraction of sp³-hybridized carbons (Fsp3) is 0.355. The molecule has 1 unspecified atom stereocenters. The molecule has 7 rings (SSSR count). The first kappa shape index (κ1) is 21.8. The number of carbonyl (C=O) groups excluding carboxylic acids is 1. The van der Waals surface area contributed by atoms with E-state index in [9.17, 15) is 4.79 Å². The van der Waals surface area contributed by atoms with Gasteiger partial charge in [0.25, 0.3) is 5.91 Å². The van der Waals surface area contributed by atoms with E-state index in [2.05, 4.69) is 28.1 Å². The highest BCUT2D eigenvalue weighted by molar-refractivity contribution is 5.98. The van der Waals surface area contributed by atoms with Crippen molar-refractivity contribution in [3.05, 3.63) is 77.1 Å². The number of aromatic nitrogens is 2. The normalized spacial score (nSPS) is 19.3. The number of hydrogen-bond acceptors (Lipinski definition) is 3. The van der Waals surface area contributed by atoms with Gasteiger partial charge in [0, 0.05) is 67.7 Å². The van der Waals surface area contributed by atoms with Crippen LogP contribution in [0.15, 0.2) is 54.9 Å². The molecule has 3 heterocycles. The van der Waals surface area contributed by atoms with Crippen molar-refractivity contribution in [1.29, 1.82) is 0 Å². The third-order valence-electron chi connectivity index (χ3n) is 8.36. The first-order valence-electron chi connectivity index (χ1n) is 13.2. The molecule has 0 saturated heterocycles. The van der Waals surface area contributed by atoms with E-state index in [-0.39, 0.29) is 5.91 Å². The van der Waals surface area contributed by atoms with Crippen molar-refractivity contribution in [2.75, 3.05) is 20.6 Å². The lowest BCUT2D eigenvalue weighted by Gasteiger charge is -2.39. The number of nitrogens with zero attached hydrogens (tertiary/aromatic N) is 3. The lowest BCUT2D eigenvalue weighted by Crippen LogP contribution is -2.37. The average Bonchev–Trinajstić information content (AvgIpc) is 3.67. The summed E-state index contributed by atoms with van der Waals surface area (Å²) < 4.78 is 0. The van der Waals surface area contributed by atoms with Crippen molar-refractivity contribution in [2.45, 2.75) is 50.6 Å². The van der Waals surface area contributed by atoms with Crippen LogP contribution >= 0.6 is 0 Å². The maximum atomic E-state index is 12.3. The average molecular weight is 477 g/mol. The zero-order chi connectivity index (χ0) is 24.4. The van der Waals surface area contributed by atoms with Crippen molar-refractivity contribution in [3.63, 3.8) is 0 Å². The van der Waals surface area contributed by atoms with Gasteiger partial charge in [-0.2, -0.15) is 0 Å². The lowest BCUT2D eigenvalue weighted by atomic mass is 9.76. The number of hydrogen-bond donors (Lipinski definition) is 1. The summed E-state index contributed by atoms with van der Waals surface area (Å²) in [6.45, 7) is 2.35. The van der Waals surface area contributed by atoms with Crippen molar-refractivity contribution in [2.24, 2.45) is 0 Å². The number of carbonyl (C=O) groups is 1. The summed E-state index contributed by atoms with van der Waals surface area (Å²) in [6, 6.07) is 15.9. The van der Waals surface area contributed by atoms with E-state index in [1.165, 1.54) is 49.8 Å². The van der Waals surface area contributed by atoms with Gasteiger partial charge in [0.1, 0.15) is 5.65 Å². The van der Waals surface area contributed by atoms with Crippen molar-refractivity contribution < 1.29 is 4.79 Å². The van der Waals surface area contributed by atoms with E-state index in [1.54, 1.807) is 35.7 Å². The molecule has 1 saturated carbocycles. The van der Waals surface area contributed by atoms with E-state index >= 15 is 0 Å². The third kappa shape index (κ3) is 3.65. The first-order valence-corrected chi connectivity index (χ1v) is 13.2. The smallest absolute Gasteiger partial charge is 0.253 e. The van der Waals surface area contributed by atoms with E-state index in [4.69, 9.17) is 4.98 Å². The summed E-state index contributed by atoms with van der Waals surface area (Å²) >= 11 is 0. The molecule has 2 aromatic carbocycles. The number of rotatable bonds is 4. The lowest BCUT2D eigenvalue weighted by molar-refractivity contribution is 0.0827. The van der Waals surface area contributed by atoms with Crippen molar-refractivity contribution in [1.82, 2.24) is 19.8 Å². The zero-order valence-electron chi connectivity index (χ0n) is 21.1. The second kappa shape index (κ2) is 8.31. The molecule has 1 N–H and O–H groups in total. The van der Waals surface area contributed by atoms with Gasteiger partial charge in [0.2, 0.25) is 0 Å². The van der Waals surface area contributed by atoms with Gasteiger partial charge < -0.3 is 9.88 Å². The quantitative estimate of drug-likeness (QED) is 0.393. The molecule has 36 heavy (non-hydrogen) atoms. The minimum absolute atomic E-state index is 0.0169. The van der Waals surface area contributed by atoms with Gasteiger partial charge in [0.15, 0.2) is 0 Å². The Hall–Kier alpha value is -3.44. The second-order valence-electron chi connectivity index (χ2n) is 11.1. The summed E-state index contributed by atoms with van der Waals surface area (Å²) in [5, 5.41) is 1.11. The Labute approximate surface area is 212 Å². The topological polar surface area (TPSA) is 52.2 Å². The Balaban J connectivity index is 1.27.